The van der Waals surface area contributed by atoms with Crippen molar-refractivity contribution in [3.63, 3.8) is 0 Å². The Morgan fingerprint density at radius 2 is 1.70 bits per heavy atom. The van der Waals surface area contributed by atoms with Crippen LogP contribution in [0.4, 0.5) is 5.69 Å². The van der Waals surface area contributed by atoms with E-state index in [1.807, 2.05) is 6.07 Å². The minimum Gasteiger partial charge on any atom is -0.454 e. The number of amides is 3. The predicted octanol–water partition coefficient (Wildman–Crippen LogP) is 1.22. The van der Waals surface area contributed by atoms with Crippen molar-refractivity contribution in [1.82, 2.24) is 4.90 Å². The summed E-state index contributed by atoms with van der Waals surface area (Å²) in [5.41, 5.74) is 0.920. The summed E-state index contributed by atoms with van der Waals surface area (Å²) in [6.07, 6.45) is 3.17. The van der Waals surface area contributed by atoms with Crippen LogP contribution in [0, 0.1) is 23.2 Å². The van der Waals surface area contributed by atoms with Gasteiger partial charge in [-0.1, -0.05) is 12.8 Å². The normalized spacial score (nSPS) is 21.4. The number of ether oxygens (including phenoxy) is 1. The van der Waals surface area contributed by atoms with Crippen molar-refractivity contribution in [2.24, 2.45) is 11.8 Å². The molecule has 1 heterocycles. The molecule has 0 aromatic heterocycles. The second-order valence-electron chi connectivity index (χ2n) is 6.66. The van der Waals surface area contributed by atoms with Crippen molar-refractivity contribution >= 4 is 29.4 Å². The SMILES string of the molecule is N#Cc1ccc(NC(=O)COC(=O)CN2C(=O)[C@@H]3CCCC[C@H]3C2=O)cc1. The predicted molar refractivity (Wildman–Crippen MR) is 92.9 cm³/mol. The average molecular weight is 369 g/mol. The third-order valence-corrected chi connectivity index (χ3v) is 4.88. The van der Waals surface area contributed by atoms with Gasteiger partial charge < -0.3 is 10.1 Å². The third-order valence-electron chi connectivity index (χ3n) is 4.88. The number of imide groups is 1. The van der Waals surface area contributed by atoms with Crippen LogP contribution in [0.2, 0.25) is 0 Å². The van der Waals surface area contributed by atoms with Crippen LogP contribution in [0.15, 0.2) is 24.3 Å². The Bertz CT molecular complexity index is 788. The number of hydrogen-bond donors (Lipinski definition) is 1. The molecular formula is C19H19N3O5. The van der Waals surface area contributed by atoms with Crippen LogP contribution in [0.25, 0.3) is 0 Å². The van der Waals surface area contributed by atoms with E-state index in [0.717, 1.165) is 17.7 Å². The largest absolute Gasteiger partial charge is 0.454 e. The third kappa shape index (κ3) is 4.14. The maximum atomic E-state index is 12.3. The molecule has 0 bridgehead atoms. The number of nitrogens with zero attached hydrogens (tertiary/aromatic N) is 2. The fraction of sp³-hybridized carbons (Fsp3) is 0.421. The molecule has 140 valence electrons. The number of anilines is 1. The first-order chi connectivity index (χ1) is 13.0. The van der Waals surface area contributed by atoms with E-state index in [1.165, 1.54) is 0 Å². The molecule has 2 aliphatic rings. The van der Waals surface area contributed by atoms with Gasteiger partial charge in [0.1, 0.15) is 6.54 Å². The number of nitriles is 1. The van der Waals surface area contributed by atoms with Crippen LogP contribution < -0.4 is 5.32 Å². The molecule has 0 unspecified atom stereocenters. The lowest BCUT2D eigenvalue weighted by Crippen LogP contribution is -2.37. The van der Waals surface area contributed by atoms with Gasteiger partial charge in [0, 0.05) is 5.69 Å². The minimum atomic E-state index is -0.801. The van der Waals surface area contributed by atoms with Gasteiger partial charge in [-0.15, -0.1) is 0 Å². The second kappa shape index (κ2) is 7.99. The van der Waals surface area contributed by atoms with Crippen molar-refractivity contribution in [3.8, 4) is 6.07 Å². The molecule has 2 atom stereocenters. The van der Waals surface area contributed by atoms with Crippen LogP contribution in [-0.2, 0) is 23.9 Å². The van der Waals surface area contributed by atoms with Gasteiger partial charge in [-0.3, -0.25) is 24.1 Å². The summed E-state index contributed by atoms with van der Waals surface area (Å²) in [7, 11) is 0. The zero-order valence-electron chi connectivity index (χ0n) is 14.6. The maximum Gasteiger partial charge on any atom is 0.326 e. The summed E-state index contributed by atoms with van der Waals surface area (Å²) in [5.74, 6) is -2.63. The Morgan fingerprint density at radius 1 is 1.11 bits per heavy atom. The van der Waals surface area contributed by atoms with E-state index < -0.39 is 25.0 Å². The summed E-state index contributed by atoms with van der Waals surface area (Å²) in [6.45, 7) is -0.989. The molecule has 27 heavy (non-hydrogen) atoms. The number of esters is 1. The molecule has 3 amide bonds. The first-order valence-corrected chi connectivity index (χ1v) is 8.80. The van der Waals surface area contributed by atoms with E-state index in [4.69, 9.17) is 10.00 Å². The highest BCUT2D eigenvalue weighted by Crippen LogP contribution is 2.37. The summed E-state index contributed by atoms with van der Waals surface area (Å²) in [5, 5.41) is 11.3. The van der Waals surface area contributed by atoms with Gasteiger partial charge in [-0.25, -0.2) is 0 Å². The van der Waals surface area contributed by atoms with E-state index in [-0.39, 0.29) is 23.7 Å². The van der Waals surface area contributed by atoms with Crippen LogP contribution in [-0.4, -0.2) is 41.7 Å². The Morgan fingerprint density at radius 3 is 2.26 bits per heavy atom. The summed E-state index contributed by atoms with van der Waals surface area (Å²) >= 11 is 0. The number of carbonyl (C=O) groups excluding carboxylic acids is 4. The molecule has 1 N–H and O–H groups in total. The van der Waals surface area contributed by atoms with Crippen molar-refractivity contribution in [3.05, 3.63) is 29.8 Å². The number of hydrogen-bond acceptors (Lipinski definition) is 6. The van der Waals surface area contributed by atoms with Crippen LogP contribution in [0.3, 0.4) is 0 Å². The molecule has 2 fully saturated rings. The average Bonchev–Trinajstić information content (AvgIpc) is 2.92. The lowest BCUT2D eigenvalue weighted by Gasteiger charge is -2.19. The van der Waals surface area contributed by atoms with Gasteiger partial charge in [0.25, 0.3) is 5.91 Å². The van der Waals surface area contributed by atoms with Gasteiger partial charge in [0.15, 0.2) is 6.61 Å². The topological polar surface area (TPSA) is 117 Å². The zero-order chi connectivity index (χ0) is 19.4. The number of carbonyl (C=O) groups is 4. The number of rotatable bonds is 5. The first-order valence-electron chi connectivity index (χ1n) is 8.80. The van der Waals surface area contributed by atoms with Crippen molar-refractivity contribution < 1.29 is 23.9 Å². The molecule has 1 aromatic carbocycles. The highest BCUT2D eigenvalue weighted by molar-refractivity contribution is 6.07. The molecule has 8 nitrogen and oxygen atoms in total. The Balaban J connectivity index is 1.47. The molecule has 0 spiro atoms. The smallest absolute Gasteiger partial charge is 0.326 e. The lowest BCUT2D eigenvalue weighted by molar-refractivity contribution is -0.154. The lowest BCUT2D eigenvalue weighted by atomic mass is 9.81. The van der Waals surface area contributed by atoms with E-state index >= 15 is 0 Å². The fourth-order valence-corrected chi connectivity index (χ4v) is 3.53. The number of fused-ring (bicyclic) bond motifs is 1. The Kier molecular flexibility index (Phi) is 5.50. The summed E-state index contributed by atoms with van der Waals surface area (Å²) < 4.78 is 4.88. The fourth-order valence-electron chi connectivity index (χ4n) is 3.53. The molecule has 1 saturated carbocycles. The maximum absolute atomic E-state index is 12.3. The number of benzene rings is 1. The monoisotopic (exact) mass is 369 g/mol. The minimum absolute atomic E-state index is 0.316. The number of nitrogens with one attached hydrogen (secondary N) is 1. The molecule has 0 radical (unpaired) electrons. The molecule has 1 aliphatic carbocycles. The standard InChI is InChI=1S/C19H19N3O5/c20-9-12-5-7-13(8-6-12)21-16(23)11-27-17(24)10-22-18(25)14-3-1-2-4-15(14)19(22)26/h5-8,14-15H,1-4,10-11H2,(H,21,23)/t14-,15-/m1/s1. The molecule has 3 rings (SSSR count). The highest BCUT2D eigenvalue weighted by Gasteiger charge is 2.48. The van der Waals surface area contributed by atoms with Crippen molar-refractivity contribution in [2.45, 2.75) is 25.7 Å². The molecule has 8 heteroatoms. The highest BCUT2D eigenvalue weighted by atomic mass is 16.5. The van der Waals surface area contributed by atoms with E-state index in [9.17, 15) is 19.2 Å². The van der Waals surface area contributed by atoms with E-state index in [0.29, 0.717) is 24.1 Å². The summed E-state index contributed by atoms with van der Waals surface area (Å²) in [6, 6.07) is 8.17. The number of likely N-dealkylation sites (tertiary alicyclic amines) is 1. The second-order valence-corrected chi connectivity index (χ2v) is 6.66. The Labute approximate surface area is 156 Å². The van der Waals surface area contributed by atoms with Crippen LogP contribution >= 0.6 is 0 Å². The molecule has 1 saturated heterocycles. The van der Waals surface area contributed by atoms with Gasteiger partial charge in [-0.05, 0) is 37.1 Å². The van der Waals surface area contributed by atoms with Gasteiger partial charge in [0.2, 0.25) is 11.8 Å². The van der Waals surface area contributed by atoms with Crippen molar-refractivity contribution in [1.29, 1.82) is 5.26 Å². The van der Waals surface area contributed by atoms with E-state index in [1.54, 1.807) is 24.3 Å². The zero-order valence-corrected chi connectivity index (χ0v) is 14.6. The summed E-state index contributed by atoms with van der Waals surface area (Å²) in [4.78, 5) is 49.4. The Hall–Kier alpha value is -3.21. The quantitative estimate of drug-likeness (QED) is 0.616. The molecular weight excluding hydrogens is 350 g/mol. The van der Waals surface area contributed by atoms with Gasteiger partial charge in [0.05, 0.1) is 23.5 Å². The van der Waals surface area contributed by atoms with Crippen LogP contribution in [0.1, 0.15) is 31.2 Å². The molecule has 1 aromatic rings. The van der Waals surface area contributed by atoms with Crippen molar-refractivity contribution in [2.75, 3.05) is 18.5 Å². The van der Waals surface area contributed by atoms with E-state index in [2.05, 4.69) is 5.32 Å². The van der Waals surface area contributed by atoms with Crippen LogP contribution in [0.5, 0.6) is 0 Å². The first kappa shape index (κ1) is 18.6. The van der Waals surface area contributed by atoms with Gasteiger partial charge >= 0.3 is 5.97 Å². The van der Waals surface area contributed by atoms with Gasteiger partial charge in [-0.2, -0.15) is 5.26 Å². The molecule has 1 aliphatic heterocycles.